The number of allylic oxidation sites excluding steroid dienone is 1. The molecule has 0 spiro atoms. The fourth-order valence-corrected chi connectivity index (χ4v) is 2.03. The molecule has 0 radical (unpaired) electrons. The van der Waals surface area contributed by atoms with E-state index in [1.807, 2.05) is 18.2 Å². The molecular weight excluding hydrogens is 262 g/mol. The maximum Gasteiger partial charge on any atom is 0.187 e. The van der Waals surface area contributed by atoms with E-state index >= 15 is 0 Å². The van der Waals surface area contributed by atoms with Crippen LogP contribution in [-0.2, 0) is 6.42 Å². The van der Waals surface area contributed by atoms with Gasteiger partial charge in [-0.3, -0.25) is 4.79 Å². The van der Waals surface area contributed by atoms with Crippen molar-refractivity contribution in [2.75, 3.05) is 12.4 Å². The summed E-state index contributed by atoms with van der Waals surface area (Å²) in [6, 6.07) is 15.1. The number of para-hydroxylation sites is 1. The summed E-state index contributed by atoms with van der Waals surface area (Å²) in [4.78, 5) is 12.0. The van der Waals surface area contributed by atoms with E-state index in [0.29, 0.717) is 5.56 Å². The predicted molar refractivity (Wildman–Crippen MR) is 85.9 cm³/mol. The zero-order valence-corrected chi connectivity index (χ0v) is 12.3. The number of anilines is 1. The number of benzene rings is 2. The molecule has 0 aliphatic rings. The standard InChI is InChI=1S/C18H19NO2/c1-3-14-6-4-5-7-17(14)19-13-12-18(20)15-8-10-16(21-2)11-9-15/h4-13,19H,3H2,1-2H3/b13-12+. The van der Waals surface area contributed by atoms with Gasteiger partial charge in [0.05, 0.1) is 7.11 Å². The van der Waals surface area contributed by atoms with Crippen molar-refractivity contribution in [3.63, 3.8) is 0 Å². The van der Waals surface area contributed by atoms with Crippen molar-refractivity contribution in [3.8, 4) is 5.75 Å². The van der Waals surface area contributed by atoms with Gasteiger partial charge < -0.3 is 10.1 Å². The Morgan fingerprint density at radius 1 is 1.14 bits per heavy atom. The Morgan fingerprint density at radius 2 is 1.86 bits per heavy atom. The highest BCUT2D eigenvalue weighted by Gasteiger charge is 2.02. The van der Waals surface area contributed by atoms with Crippen molar-refractivity contribution >= 4 is 11.5 Å². The lowest BCUT2D eigenvalue weighted by atomic mass is 10.1. The Balaban J connectivity index is 2.01. The van der Waals surface area contributed by atoms with E-state index in [9.17, 15) is 4.79 Å². The van der Waals surface area contributed by atoms with Crippen molar-refractivity contribution in [2.24, 2.45) is 0 Å². The molecule has 108 valence electrons. The summed E-state index contributed by atoms with van der Waals surface area (Å²) in [6.07, 6.45) is 4.17. The van der Waals surface area contributed by atoms with Crippen molar-refractivity contribution in [2.45, 2.75) is 13.3 Å². The summed E-state index contributed by atoms with van der Waals surface area (Å²) in [7, 11) is 1.60. The molecule has 0 aliphatic heterocycles. The van der Waals surface area contributed by atoms with Gasteiger partial charge in [-0.25, -0.2) is 0 Å². The second-order valence-corrected chi connectivity index (χ2v) is 4.58. The molecule has 0 aromatic heterocycles. The molecule has 0 atom stereocenters. The largest absolute Gasteiger partial charge is 0.497 e. The number of methoxy groups -OCH3 is 1. The first-order valence-electron chi connectivity index (χ1n) is 6.94. The van der Waals surface area contributed by atoms with Gasteiger partial charge >= 0.3 is 0 Å². The van der Waals surface area contributed by atoms with Crippen molar-refractivity contribution < 1.29 is 9.53 Å². The van der Waals surface area contributed by atoms with E-state index in [1.165, 1.54) is 11.6 Å². The van der Waals surface area contributed by atoms with Crippen molar-refractivity contribution in [1.82, 2.24) is 0 Å². The molecule has 21 heavy (non-hydrogen) atoms. The van der Waals surface area contributed by atoms with Crippen LogP contribution in [-0.4, -0.2) is 12.9 Å². The van der Waals surface area contributed by atoms with Crippen LogP contribution in [0, 0.1) is 0 Å². The molecule has 0 aliphatic carbocycles. The quantitative estimate of drug-likeness (QED) is 0.641. The first-order chi connectivity index (χ1) is 10.2. The number of rotatable bonds is 6. The summed E-state index contributed by atoms with van der Waals surface area (Å²) < 4.78 is 5.07. The lowest BCUT2D eigenvalue weighted by molar-refractivity contribution is 0.104. The molecule has 2 aromatic rings. The highest BCUT2D eigenvalue weighted by molar-refractivity contribution is 6.04. The monoisotopic (exact) mass is 281 g/mol. The minimum atomic E-state index is -0.0425. The first kappa shape index (κ1) is 14.9. The van der Waals surface area contributed by atoms with E-state index in [2.05, 4.69) is 18.3 Å². The van der Waals surface area contributed by atoms with Crippen LogP contribution in [0.5, 0.6) is 5.75 Å². The molecule has 2 aromatic carbocycles. The zero-order chi connectivity index (χ0) is 15.1. The molecule has 3 heteroatoms. The third-order valence-corrected chi connectivity index (χ3v) is 3.25. The molecule has 0 heterocycles. The third kappa shape index (κ3) is 3.96. The average Bonchev–Trinajstić information content (AvgIpc) is 2.55. The fraction of sp³-hybridized carbons (Fsp3) is 0.167. The van der Waals surface area contributed by atoms with Gasteiger partial charge in [0.1, 0.15) is 5.75 Å². The van der Waals surface area contributed by atoms with Crippen LogP contribution in [0.3, 0.4) is 0 Å². The summed E-state index contributed by atoms with van der Waals surface area (Å²) in [5.74, 6) is 0.699. The van der Waals surface area contributed by atoms with Crippen molar-refractivity contribution in [3.05, 3.63) is 71.9 Å². The van der Waals surface area contributed by atoms with Gasteiger partial charge in [-0.15, -0.1) is 0 Å². The van der Waals surface area contributed by atoms with Gasteiger partial charge in [0, 0.05) is 23.5 Å². The summed E-state index contributed by atoms with van der Waals surface area (Å²) in [6.45, 7) is 2.10. The Labute approximate surface area is 125 Å². The summed E-state index contributed by atoms with van der Waals surface area (Å²) >= 11 is 0. The number of carbonyl (C=O) groups excluding carboxylic acids is 1. The smallest absolute Gasteiger partial charge is 0.187 e. The Bertz CT molecular complexity index is 630. The fourth-order valence-electron chi connectivity index (χ4n) is 2.03. The maximum atomic E-state index is 12.0. The minimum Gasteiger partial charge on any atom is -0.497 e. The Morgan fingerprint density at radius 3 is 2.52 bits per heavy atom. The van der Waals surface area contributed by atoms with E-state index in [-0.39, 0.29) is 5.78 Å². The number of ether oxygens (including phenoxy) is 1. The van der Waals surface area contributed by atoms with Gasteiger partial charge in [0.2, 0.25) is 0 Å². The minimum absolute atomic E-state index is 0.0425. The van der Waals surface area contributed by atoms with E-state index in [4.69, 9.17) is 4.74 Å². The van der Waals surface area contributed by atoms with Crippen LogP contribution in [0.1, 0.15) is 22.8 Å². The number of carbonyl (C=O) groups is 1. The molecule has 0 bridgehead atoms. The number of hydrogen-bond donors (Lipinski definition) is 1. The molecule has 0 amide bonds. The molecule has 2 rings (SSSR count). The topological polar surface area (TPSA) is 38.3 Å². The highest BCUT2D eigenvalue weighted by Crippen LogP contribution is 2.15. The van der Waals surface area contributed by atoms with Crippen LogP contribution in [0.4, 0.5) is 5.69 Å². The lowest BCUT2D eigenvalue weighted by Gasteiger charge is -2.06. The Kier molecular flexibility index (Phi) is 5.16. The molecule has 3 nitrogen and oxygen atoms in total. The summed E-state index contributed by atoms with van der Waals surface area (Å²) in [5.41, 5.74) is 2.88. The third-order valence-electron chi connectivity index (χ3n) is 3.25. The summed E-state index contributed by atoms with van der Waals surface area (Å²) in [5, 5.41) is 3.16. The van der Waals surface area contributed by atoms with Crippen LogP contribution in [0.25, 0.3) is 0 Å². The number of ketones is 1. The van der Waals surface area contributed by atoms with Gasteiger partial charge in [-0.05, 0) is 42.3 Å². The molecule has 0 unspecified atom stereocenters. The molecule has 0 saturated heterocycles. The van der Waals surface area contributed by atoms with Crippen LogP contribution in [0.15, 0.2) is 60.8 Å². The average molecular weight is 281 g/mol. The molecular formula is C18H19NO2. The number of hydrogen-bond acceptors (Lipinski definition) is 3. The van der Waals surface area contributed by atoms with Crippen LogP contribution >= 0.6 is 0 Å². The number of nitrogens with one attached hydrogen (secondary N) is 1. The van der Waals surface area contributed by atoms with E-state index < -0.39 is 0 Å². The first-order valence-corrected chi connectivity index (χ1v) is 6.94. The maximum absolute atomic E-state index is 12.0. The van der Waals surface area contributed by atoms with Gasteiger partial charge in [0.25, 0.3) is 0 Å². The van der Waals surface area contributed by atoms with Crippen LogP contribution < -0.4 is 10.1 Å². The van der Waals surface area contributed by atoms with Gasteiger partial charge in [-0.2, -0.15) is 0 Å². The van der Waals surface area contributed by atoms with E-state index in [1.54, 1.807) is 37.6 Å². The second-order valence-electron chi connectivity index (χ2n) is 4.58. The molecule has 1 N–H and O–H groups in total. The SMILES string of the molecule is CCc1ccccc1N/C=C/C(=O)c1ccc(OC)cc1. The van der Waals surface area contributed by atoms with Crippen LogP contribution in [0.2, 0.25) is 0 Å². The molecule has 0 saturated carbocycles. The number of aryl methyl sites for hydroxylation is 1. The normalized spacial score (nSPS) is 10.6. The van der Waals surface area contributed by atoms with E-state index in [0.717, 1.165) is 17.9 Å². The predicted octanol–water partition coefficient (Wildman–Crippen LogP) is 4.07. The van der Waals surface area contributed by atoms with Gasteiger partial charge in [-0.1, -0.05) is 25.1 Å². The second kappa shape index (κ2) is 7.29. The Hall–Kier alpha value is -2.55. The lowest BCUT2D eigenvalue weighted by Crippen LogP contribution is -1.98. The van der Waals surface area contributed by atoms with Crippen molar-refractivity contribution in [1.29, 1.82) is 0 Å². The zero-order valence-electron chi connectivity index (χ0n) is 12.3. The highest BCUT2D eigenvalue weighted by atomic mass is 16.5. The van der Waals surface area contributed by atoms with Gasteiger partial charge in [0.15, 0.2) is 5.78 Å². The molecule has 0 fully saturated rings.